The molecule has 0 amide bonds. The van der Waals surface area contributed by atoms with Gasteiger partial charge in [-0.1, -0.05) is 0 Å². The van der Waals surface area contributed by atoms with Crippen molar-refractivity contribution in [2.45, 2.75) is 6.42 Å². The molecule has 4 nitrogen and oxygen atoms in total. The molecule has 0 radical (unpaired) electrons. The fourth-order valence-corrected chi connectivity index (χ4v) is 1.91. The number of aromatic nitrogens is 2. The van der Waals surface area contributed by atoms with Crippen LogP contribution in [0.5, 0.6) is 0 Å². The molecule has 2 heterocycles. The molecule has 0 atom stereocenters. The average Bonchev–Trinajstić information content (AvgIpc) is 2.94. The van der Waals surface area contributed by atoms with Crippen LogP contribution in [-0.4, -0.2) is 16.5 Å². The number of fused-ring (bicyclic) bond motifs is 1. The molecule has 0 aliphatic rings. The largest absolute Gasteiger partial charge is 0.440 e. The van der Waals surface area contributed by atoms with Crippen molar-refractivity contribution in [3.8, 4) is 11.6 Å². The van der Waals surface area contributed by atoms with Gasteiger partial charge in [0.05, 0.1) is 6.20 Å². The molecule has 0 saturated carbocycles. The van der Waals surface area contributed by atoms with E-state index >= 15 is 0 Å². The summed E-state index contributed by atoms with van der Waals surface area (Å²) in [6.45, 7) is 0.520. The van der Waals surface area contributed by atoms with Gasteiger partial charge in [0.15, 0.2) is 0 Å². The summed E-state index contributed by atoms with van der Waals surface area (Å²) >= 11 is 0. The molecular formula is C13H12FN3O. The van der Waals surface area contributed by atoms with Crippen molar-refractivity contribution in [2.75, 3.05) is 6.54 Å². The molecule has 0 bridgehead atoms. The third-order valence-electron chi connectivity index (χ3n) is 2.76. The first-order valence-corrected chi connectivity index (χ1v) is 5.69. The molecule has 1 aromatic carbocycles. The summed E-state index contributed by atoms with van der Waals surface area (Å²) < 4.78 is 18.6. The minimum Gasteiger partial charge on any atom is -0.440 e. The molecule has 0 saturated heterocycles. The van der Waals surface area contributed by atoms with Crippen molar-refractivity contribution in [3.63, 3.8) is 0 Å². The predicted octanol–water partition coefficient (Wildman–Crippen LogP) is 2.46. The number of nitrogens with one attached hydrogen (secondary N) is 1. The van der Waals surface area contributed by atoms with Crippen molar-refractivity contribution in [3.05, 3.63) is 42.0 Å². The SMILES string of the molecule is NCCc1cnc(-c2cc3cc(F)ccc3[nH]2)o1. The Morgan fingerprint density at radius 1 is 1.33 bits per heavy atom. The first-order valence-electron chi connectivity index (χ1n) is 5.69. The van der Waals surface area contributed by atoms with Crippen LogP contribution in [0.25, 0.3) is 22.5 Å². The Labute approximate surface area is 103 Å². The second-order valence-electron chi connectivity index (χ2n) is 4.08. The molecule has 0 fully saturated rings. The normalized spacial score (nSPS) is 11.2. The summed E-state index contributed by atoms with van der Waals surface area (Å²) in [5.41, 5.74) is 7.04. The van der Waals surface area contributed by atoms with Gasteiger partial charge in [-0.15, -0.1) is 0 Å². The molecule has 3 N–H and O–H groups in total. The highest BCUT2D eigenvalue weighted by molar-refractivity contribution is 5.84. The molecule has 5 heteroatoms. The number of nitrogens with zero attached hydrogens (tertiary/aromatic N) is 1. The van der Waals surface area contributed by atoms with Crippen molar-refractivity contribution in [2.24, 2.45) is 5.73 Å². The van der Waals surface area contributed by atoms with Gasteiger partial charge >= 0.3 is 0 Å². The van der Waals surface area contributed by atoms with E-state index in [0.29, 0.717) is 18.9 Å². The van der Waals surface area contributed by atoms with Gasteiger partial charge in [0.2, 0.25) is 5.89 Å². The van der Waals surface area contributed by atoms with Crippen LogP contribution in [0.3, 0.4) is 0 Å². The average molecular weight is 245 g/mol. The topological polar surface area (TPSA) is 67.8 Å². The Balaban J connectivity index is 2.02. The van der Waals surface area contributed by atoms with Crippen molar-refractivity contribution < 1.29 is 8.81 Å². The van der Waals surface area contributed by atoms with Gasteiger partial charge in [-0.25, -0.2) is 9.37 Å². The number of oxazole rings is 1. The van der Waals surface area contributed by atoms with Crippen LogP contribution in [0.15, 0.2) is 34.9 Å². The summed E-state index contributed by atoms with van der Waals surface area (Å²) in [5.74, 6) is 0.983. The Bertz CT molecular complexity index is 686. The van der Waals surface area contributed by atoms with Crippen LogP contribution < -0.4 is 5.73 Å². The molecule has 2 aromatic heterocycles. The molecular weight excluding hydrogens is 233 g/mol. The van der Waals surface area contributed by atoms with E-state index < -0.39 is 0 Å². The summed E-state index contributed by atoms with van der Waals surface area (Å²) in [7, 11) is 0. The number of hydrogen-bond acceptors (Lipinski definition) is 3. The number of rotatable bonds is 3. The van der Waals surface area contributed by atoms with E-state index in [9.17, 15) is 4.39 Å². The zero-order valence-corrected chi connectivity index (χ0v) is 9.61. The van der Waals surface area contributed by atoms with Gasteiger partial charge in [0.25, 0.3) is 0 Å². The Morgan fingerprint density at radius 2 is 2.22 bits per heavy atom. The highest BCUT2D eigenvalue weighted by Crippen LogP contribution is 2.24. The fraction of sp³-hybridized carbons (Fsp3) is 0.154. The van der Waals surface area contributed by atoms with E-state index in [-0.39, 0.29) is 5.82 Å². The predicted molar refractivity (Wildman–Crippen MR) is 66.5 cm³/mol. The third kappa shape index (κ3) is 1.89. The summed E-state index contributed by atoms with van der Waals surface area (Å²) in [6.07, 6.45) is 2.32. The molecule has 3 aromatic rings. The number of H-pyrrole nitrogens is 1. The van der Waals surface area contributed by atoms with Gasteiger partial charge in [0.1, 0.15) is 17.3 Å². The number of hydrogen-bond donors (Lipinski definition) is 2. The van der Waals surface area contributed by atoms with Crippen molar-refractivity contribution in [1.29, 1.82) is 0 Å². The maximum absolute atomic E-state index is 13.1. The van der Waals surface area contributed by atoms with Gasteiger partial charge in [0, 0.05) is 17.3 Å². The van der Waals surface area contributed by atoms with Crippen LogP contribution in [0.2, 0.25) is 0 Å². The van der Waals surface area contributed by atoms with Crippen LogP contribution in [-0.2, 0) is 6.42 Å². The van der Waals surface area contributed by atoms with Gasteiger partial charge in [-0.2, -0.15) is 0 Å². The Morgan fingerprint density at radius 3 is 3.06 bits per heavy atom. The number of aromatic amines is 1. The highest BCUT2D eigenvalue weighted by Gasteiger charge is 2.09. The van der Waals surface area contributed by atoms with E-state index in [4.69, 9.17) is 10.2 Å². The number of benzene rings is 1. The lowest BCUT2D eigenvalue weighted by atomic mass is 10.2. The minimum atomic E-state index is -0.260. The third-order valence-corrected chi connectivity index (χ3v) is 2.76. The number of nitrogens with two attached hydrogens (primary N) is 1. The maximum atomic E-state index is 13.1. The lowest BCUT2D eigenvalue weighted by Gasteiger charge is -1.90. The number of halogens is 1. The molecule has 0 spiro atoms. The first-order chi connectivity index (χ1) is 8.76. The smallest absolute Gasteiger partial charge is 0.243 e. The molecule has 92 valence electrons. The van der Waals surface area contributed by atoms with E-state index in [0.717, 1.165) is 22.4 Å². The lowest BCUT2D eigenvalue weighted by molar-refractivity contribution is 0.518. The molecule has 0 unspecified atom stereocenters. The highest BCUT2D eigenvalue weighted by atomic mass is 19.1. The molecule has 0 aliphatic heterocycles. The van der Waals surface area contributed by atoms with Crippen LogP contribution in [0.1, 0.15) is 5.76 Å². The second kappa shape index (κ2) is 4.27. The summed E-state index contributed by atoms with van der Waals surface area (Å²) in [6, 6.07) is 6.39. The standard InChI is InChI=1S/C13H12FN3O/c14-9-1-2-11-8(5-9)6-12(17-11)13-16-7-10(18-13)3-4-15/h1-2,5-7,17H,3-4,15H2. The van der Waals surface area contributed by atoms with Gasteiger partial charge < -0.3 is 15.1 Å². The van der Waals surface area contributed by atoms with Gasteiger partial charge in [-0.05, 0) is 30.8 Å². The summed E-state index contributed by atoms with van der Waals surface area (Å²) in [5, 5.41) is 0.795. The zero-order valence-electron chi connectivity index (χ0n) is 9.61. The Hall–Kier alpha value is -2.14. The molecule has 18 heavy (non-hydrogen) atoms. The minimum absolute atomic E-state index is 0.260. The van der Waals surface area contributed by atoms with E-state index in [1.165, 1.54) is 12.1 Å². The van der Waals surface area contributed by atoms with Crippen molar-refractivity contribution >= 4 is 10.9 Å². The van der Waals surface area contributed by atoms with E-state index in [2.05, 4.69) is 9.97 Å². The van der Waals surface area contributed by atoms with Gasteiger partial charge in [-0.3, -0.25) is 0 Å². The molecule has 3 rings (SSSR count). The Kier molecular flexibility index (Phi) is 2.60. The second-order valence-corrected chi connectivity index (χ2v) is 4.08. The molecule has 0 aliphatic carbocycles. The van der Waals surface area contributed by atoms with E-state index in [1.54, 1.807) is 12.3 Å². The van der Waals surface area contributed by atoms with Crippen LogP contribution in [0, 0.1) is 5.82 Å². The lowest BCUT2D eigenvalue weighted by Crippen LogP contribution is -2.01. The van der Waals surface area contributed by atoms with E-state index in [1.807, 2.05) is 6.07 Å². The quantitative estimate of drug-likeness (QED) is 0.744. The summed E-state index contributed by atoms with van der Waals surface area (Å²) in [4.78, 5) is 7.32. The van der Waals surface area contributed by atoms with Crippen molar-refractivity contribution in [1.82, 2.24) is 9.97 Å². The maximum Gasteiger partial charge on any atom is 0.243 e. The van der Waals surface area contributed by atoms with Crippen LogP contribution >= 0.6 is 0 Å². The zero-order chi connectivity index (χ0) is 12.5. The fourth-order valence-electron chi connectivity index (χ4n) is 1.91. The monoisotopic (exact) mass is 245 g/mol. The first kappa shape index (κ1) is 11.0. The van der Waals surface area contributed by atoms with Crippen LogP contribution in [0.4, 0.5) is 4.39 Å².